The molecule has 0 spiro atoms. The largest absolute Gasteiger partial charge is 0.352 e. The average Bonchev–Trinajstić information content (AvgIpc) is 2.19. The minimum atomic E-state index is 0.0440. The zero-order valence-electron chi connectivity index (χ0n) is 9.42. The lowest BCUT2D eigenvalue weighted by atomic mass is 9.85. The zero-order valence-corrected chi connectivity index (χ0v) is 11.0. The predicted molar refractivity (Wildman–Crippen MR) is 68.6 cm³/mol. The van der Waals surface area contributed by atoms with Gasteiger partial charge in [-0.2, -0.15) is 0 Å². The smallest absolute Gasteiger partial charge is 0.251 e. The number of carbonyl (C=O) groups excluding carboxylic acids is 1. The van der Waals surface area contributed by atoms with Crippen molar-refractivity contribution in [3.63, 3.8) is 0 Å². The molecular formula is C13H16BrNO. The summed E-state index contributed by atoms with van der Waals surface area (Å²) in [6.45, 7) is 2.82. The van der Waals surface area contributed by atoms with Crippen molar-refractivity contribution in [1.29, 1.82) is 0 Å². The SMILES string of the molecule is Cc1cc(C(=O)NCC2CCC2)ccc1Br. The van der Waals surface area contributed by atoms with E-state index in [4.69, 9.17) is 0 Å². The van der Waals surface area contributed by atoms with Crippen molar-refractivity contribution in [2.75, 3.05) is 6.54 Å². The molecule has 1 aliphatic carbocycles. The molecule has 0 saturated heterocycles. The van der Waals surface area contributed by atoms with E-state index in [0.29, 0.717) is 5.92 Å². The van der Waals surface area contributed by atoms with Crippen LogP contribution in [0.1, 0.15) is 35.2 Å². The van der Waals surface area contributed by atoms with Crippen LogP contribution in [0.5, 0.6) is 0 Å². The molecule has 2 nitrogen and oxygen atoms in total. The molecule has 0 heterocycles. The van der Waals surface area contributed by atoms with Crippen LogP contribution in [0.2, 0.25) is 0 Å². The summed E-state index contributed by atoms with van der Waals surface area (Å²) in [4.78, 5) is 11.8. The Morgan fingerprint density at radius 3 is 2.81 bits per heavy atom. The second kappa shape index (κ2) is 5.00. The second-order valence-electron chi connectivity index (χ2n) is 4.47. The lowest BCUT2D eigenvalue weighted by Gasteiger charge is -2.25. The molecule has 0 bridgehead atoms. The summed E-state index contributed by atoms with van der Waals surface area (Å²) in [5.74, 6) is 0.753. The van der Waals surface area contributed by atoms with Crippen molar-refractivity contribution in [3.05, 3.63) is 33.8 Å². The molecule has 0 unspecified atom stereocenters. The molecule has 1 amide bonds. The third-order valence-electron chi connectivity index (χ3n) is 3.20. The molecule has 1 aromatic rings. The Morgan fingerprint density at radius 1 is 1.50 bits per heavy atom. The topological polar surface area (TPSA) is 29.1 Å². The van der Waals surface area contributed by atoms with Crippen molar-refractivity contribution in [2.24, 2.45) is 5.92 Å². The summed E-state index contributed by atoms with van der Waals surface area (Å²) < 4.78 is 1.04. The minimum Gasteiger partial charge on any atom is -0.352 e. The van der Waals surface area contributed by atoms with Gasteiger partial charge in [-0.05, 0) is 49.4 Å². The quantitative estimate of drug-likeness (QED) is 0.905. The number of amides is 1. The Labute approximate surface area is 105 Å². The van der Waals surface area contributed by atoms with Crippen LogP contribution >= 0.6 is 15.9 Å². The van der Waals surface area contributed by atoms with E-state index in [0.717, 1.165) is 22.1 Å². The van der Waals surface area contributed by atoms with Gasteiger partial charge in [0.05, 0.1) is 0 Å². The van der Waals surface area contributed by atoms with Crippen LogP contribution in [0.15, 0.2) is 22.7 Å². The first-order chi connectivity index (χ1) is 7.66. The van der Waals surface area contributed by atoms with E-state index in [1.54, 1.807) is 0 Å². The van der Waals surface area contributed by atoms with Crippen molar-refractivity contribution in [1.82, 2.24) is 5.32 Å². The van der Waals surface area contributed by atoms with Crippen LogP contribution in [-0.2, 0) is 0 Å². The molecule has 1 saturated carbocycles. The van der Waals surface area contributed by atoms with Crippen molar-refractivity contribution >= 4 is 21.8 Å². The van der Waals surface area contributed by atoms with Gasteiger partial charge >= 0.3 is 0 Å². The molecule has 1 aliphatic rings. The van der Waals surface area contributed by atoms with E-state index in [2.05, 4.69) is 21.2 Å². The second-order valence-corrected chi connectivity index (χ2v) is 5.33. The van der Waals surface area contributed by atoms with E-state index < -0.39 is 0 Å². The Morgan fingerprint density at radius 2 is 2.25 bits per heavy atom. The molecule has 1 N–H and O–H groups in total. The number of aryl methyl sites for hydroxylation is 1. The van der Waals surface area contributed by atoms with Crippen molar-refractivity contribution < 1.29 is 4.79 Å². The van der Waals surface area contributed by atoms with Gasteiger partial charge in [0.25, 0.3) is 5.91 Å². The lowest BCUT2D eigenvalue weighted by Crippen LogP contribution is -2.32. The van der Waals surface area contributed by atoms with E-state index in [9.17, 15) is 4.79 Å². The van der Waals surface area contributed by atoms with E-state index in [1.165, 1.54) is 19.3 Å². The standard InChI is InChI=1S/C13H16BrNO/c1-9-7-11(5-6-12(9)14)13(16)15-8-10-3-2-4-10/h5-7,10H,2-4,8H2,1H3,(H,15,16). The van der Waals surface area contributed by atoms with Gasteiger partial charge in [0.2, 0.25) is 0 Å². The fourth-order valence-electron chi connectivity index (χ4n) is 1.82. The highest BCUT2D eigenvalue weighted by atomic mass is 79.9. The van der Waals surface area contributed by atoms with Crippen LogP contribution in [0.4, 0.5) is 0 Å². The number of halogens is 1. The first-order valence-corrected chi connectivity index (χ1v) is 6.50. The van der Waals surface area contributed by atoms with Gasteiger partial charge in [-0.1, -0.05) is 22.4 Å². The highest BCUT2D eigenvalue weighted by Gasteiger charge is 2.18. The highest BCUT2D eigenvalue weighted by molar-refractivity contribution is 9.10. The van der Waals surface area contributed by atoms with Crippen LogP contribution in [0.3, 0.4) is 0 Å². The molecule has 0 radical (unpaired) electrons. The van der Waals surface area contributed by atoms with Crippen molar-refractivity contribution in [3.8, 4) is 0 Å². The van der Waals surface area contributed by atoms with Gasteiger partial charge in [0, 0.05) is 16.6 Å². The molecule has 1 aromatic carbocycles. The number of hydrogen-bond donors (Lipinski definition) is 1. The van der Waals surface area contributed by atoms with Gasteiger partial charge in [-0.25, -0.2) is 0 Å². The maximum atomic E-state index is 11.8. The predicted octanol–water partition coefficient (Wildman–Crippen LogP) is 3.29. The summed E-state index contributed by atoms with van der Waals surface area (Å²) in [5.41, 5.74) is 1.84. The van der Waals surface area contributed by atoms with Gasteiger partial charge in [0.1, 0.15) is 0 Å². The number of carbonyl (C=O) groups is 1. The van der Waals surface area contributed by atoms with Gasteiger partial charge < -0.3 is 5.32 Å². The van der Waals surface area contributed by atoms with Crippen LogP contribution < -0.4 is 5.32 Å². The molecule has 1 fully saturated rings. The monoisotopic (exact) mass is 281 g/mol. The zero-order chi connectivity index (χ0) is 11.5. The maximum absolute atomic E-state index is 11.8. The van der Waals surface area contributed by atoms with Crippen molar-refractivity contribution in [2.45, 2.75) is 26.2 Å². The number of hydrogen-bond acceptors (Lipinski definition) is 1. The Balaban J connectivity index is 1.94. The third kappa shape index (κ3) is 2.64. The number of rotatable bonds is 3. The Bertz CT molecular complexity index is 399. The maximum Gasteiger partial charge on any atom is 0.251 e. The van der Waals surface area contributed by atoms with Crippen LogP contribution in [-0.4, -0.2) is 12.5 Å². The van der Waals surface area contributed by atoms with Crippen LogP contribution in [0.25, 0.3) is 0 Å². The van der Waals surface area contributed by atoms with Crippen LogP contribution in [0, 0.1) is 12.8 Å². The lowest BCUT2D eigenvalue weighted by molar-refractivity contribution is 0.0939. The van der Waals surface area contributed by atoms with E-state index in [1.807, 2.05) is 25.1 Å². The molecule has 16 heavy (non-hydrogen) atoms. The fourth-order valence-corrected chi connectivity index (χ4v) is 2.07. The number of nitrogens with one attached hydrogen (secondary N) is 1. The summed E-state index contributed by atoms with van der Waals surface area (Å²) in [6, 6.07) is 5.70. The molecule has 86 valence electrons. The molecule has 0 aliphatic heterocycles. The normalized spacial score (nSPS) is 15.6. The third-order valence-corrected chi connectivity index (χ3v) is 4.09. The number of benzene rings is 1. The van der Waals surface area contributed by atoms with Gasteiger partial charge in [-0.15, -0.1) is 0 Å². The Hall–Kier alpha value is -0.830. The minimum absolute atomic E-state index is 0.0440. The van der Waals surface area contributed by atoms with Gasteiger partial charge in [0.15, 0.2) is 0 Å². The van der Waals surface area contributed by atoms with Gasteiger partial charge in [-0.3, -0.25) is 4.79 Å². The summed E-state index contributed by atoms with van der Waals surface area (Å²) in [5, 5.41) is 2.99. The summed E-state index contributed by atoms with van der Waals surface area (Å²) >= 11 is 3.43. The van der Waals surface area contributed by atoms with E-state index >= 15 is 0 Å². The average molecular weight is 282 g/mol. The van der Waals surface area contributed by atoms with E-state index in [-0.39, 0.29) is 5.91 Å². The Kier molecular flexibility index (Phi) is 3.64. The summed E-state index contributed by atoms with van der Waals surface area (Å²) in [6.07, 6.45) is 3.84. The highest BCUT2D eigenvalue weighted by Crippen LogP contribution is 2.25. The first-order valence-electron chi connectivity index (χ1n) is 5.71. The molecule has 0 atom stereocenters. The first kappa shape index (κ1) is 11.6. The summed E-state index contributed by atoms with van der Waals surface area (Å²) in [7, 11) is 0. The molecule has 3 heteroatoms. The molecule has 2 rings (SSSR count). The molecular weight excluding hydrogens is 266 g/mol. The fraction of sp³-hybridized carbons (Fsp3) is 0.462. The molecule has 0 aromatic heterocycles.